The fourth-order valence-electron chi connectivity index (χ4n) is 1.67. The summed E-state index contributed by atoms with van der Waals surface area (Å²) in [6.45, 7) is 7.89. The molecular formula is C13H21N3O4S. The van der Waals surface area contributed by atoms with E-state index in [-0.39, 0.29) is 16.6 Å². The number of rotatable bonds is 7. The number of nitro benzene ring substituents is 1. The number of nitrogens with zero attached hydrogens (tertiary/aromatic N) is 1. The van der Waals surface area contributed by atoms with Gasteiger partial charge in [-0.25, -0.2) is 13.1 Å². The molecule has 7 nitrogen and oxygen atoms in total. The monoisotopic (exact) mass is 315 g/mol. The summed E-state index contributed by atoms with van der Waals surface area (Å²) in [6, 6.07) is 3.58. The van der Waals surface area contributed by atoms with Gasteiger partial charge in [0, 0.05) is 18.7 Å². The Morgan fingerprint density at radius 1 is 1.24 bits per heavy atom. The summed E-state index contributed by atoms with van der Waals surface area (Å²) in [6.07, 6.45) is 0. The number of hydrogen-bond donors (Lipinski definition) is 2. The molecule has 0 aliphatic carbocycles. The lowest BCUT2D eigenvalue weighted by atomic mass is 10.2. The molecule has 8 heteroatoms. The predicted molar refractivity (Wildman–Crippen MR) is 81.9 cm³/mol. The van der Waals surface area contributed by atoms with Crippen LogP contribution in [0.15, 0.2) is 23.1 Å². The molecule has 0 unspecified atom stereocenters. The number of benzene rings is 1. The van der Waals surface area contributed by atoms with E-state index in [1.807, 2.05) is 13.8 Å². The average Bonchev–Trinajstić information content (AvgIpc) is 2.34. The van der Waals surface area contributed by atoms with Crippen molar-refractivity contribution in [3.05, 3.63) is 28.3 Å². The molecule has 0 saturated carbocycles. The first-order chi connectivity index (χ1) is 9.63. The first-order valence-electron chi connectivity index (χ1n) is 6.68. The van der Waals surface area contributed by atoms with Crippen LogP contribution < -0.4 is 10.0 Å². The van der Waals surface area contributed by atoms with Crippen LogP contribution in [0.4, 0.5) is 11.4 Å². The van der Waals surface area contributed by atoms with E-state index in [4.69, 9.17) is 0 Å². The van der Waals surface area contributed by atoms with Gasteiger partial charge in [-0.05, 0) is 31.9 Å². The van der Waals surface area contributed by atoms with E-state index in [9.17, 15) is 18.5 Å². The van der Waals surface area contributed by atoms with Crippen molar-refractivity contribution >= 4 is 21.4 Å². The van der Waals surface area contributed by atoms with Gasteiger partial charge in [-0.15, -0.1) is 0 Å². The van der Waals surface area contributed by atoms with E-state index < -0.39 is 14.9 Å². The highest BCUT2D eigenvalue weighted by Gasteiger charge is 2.21. The number of hydrogen-bond acceptors (Lipinski definition) is 5. The highest BCUT2D eigenvalue weighted by atomic mass is 32.2. The van der Waals surface area contributed by atoms with Crippen molar-refractivity contribution in [3.8, 4) is 0 Å². The van der Waals surface area contributed by atoms with Crippen LogP contribution in [-0.2, 0) is 10.0 Å². The van der Waals surface area contributed by atoms with E-state index in [1.165, 1.54) is 12.1 Å². The van der Waals surface area contributed by atoms with Crippen LogP contribution in [0.2, 0.25) is 0 Å². The average molecular weight is 315 g/mol. The van der Waals surface area contributed by atoms with Crippen molar-refractivity contribution in [1.82, 2.24) is 4.72 Å². The molecule has 118 valence electrons. The van der Waals surface area contributed by atoms with Crippen LogP contribution in [-0.4, -0.2) is 25.9 Å². The Kier molecular flexibility index (Phi) is 5.68. The van der Waals surface area contributed by atoms with Crippen LogP contribution in [0, 0.1) is 16.0 Å². The van der Waals surface area contributed by atoms with E-state index in [2.05, 4.69) is 10.0 Å². The van der Waals surface area contributed by atoms with E-state index in [1.54, 1.807) is 13.8 Å². The highest BCUT2D eigenvalue weighted by Crippen LogP contribution is 2.27. The molecule has 0 heterocycles. The molecule has 0 aliphatic heterocycles. The van der Waals surface area contributed by atoms with Crippen molar-refractivity contribution < 1.29 is 13.3 Å². The lowest BCUT2D eigenvalue weighted by Gasteiger charge is -2.12. The second-order valence-corrected chi connectivity index (χ2v) is 7.20. The van der Waals surface area contributed by atoms with Crippen LogP contribution in [0.1, 0.15) is 27.7 Å². The molecule has 1 aromatic carbocycles. The zero-order valence-electron chi connectivity index (χ0n) is 12.6. The smallest absolute Gasteiger partial charge is 0.293 e. The first-order valence-corrected chi connectivity index (χ1v) is 8.16. The summed E-state index contributed by atoms with van der Waals surface area (Å²) in [4.78, 5) is 10.4. The molecule has 0 bridgehead atoms. The molecule has 0 saturated heterocycles. The number of sulfonamides is 1. The summed E-state index contributed by atoms with van der Waals surface area (Å²) >= 11 is 0. The van der Waals surface area contributed by atoms with E-state index >= 15 is 0 Å². The topological polar surface area (TPSA) is 101 Å². The maximum absolute atomic E-state index is 12.0. The van der Waals surface area contributed by atoms with Crippen LogP contribution in [0.5, 0.6) is 0 Å². The maximum atomic E-state index is 12.0. The minimum atomic E-state index is -3.75. The van der Waals surface area contributed by atoms with Gasteiger partial charge in [-0.3, -0.25) is 10.1 Å². The first kappa shape index (κ1) is 17.4. The quantitative estimate of drug-likeness (QED) is 0.594. The third-order valence-corrected chi connectivity index (χ3v) is 4.22. The molecule has 0 atom stereocenters. The molecule has 0 aliphatic rings. The molecule has 0 radical (unpaired) electrons. The zero-order chi connectivity index (χ0) is 16.2. The molecule has 2 N–H and O–H groups in total. The fourth-order valence-corrected chi connectivity index (χ4v) is 2.94. The van der Waals surface area contributed by atoms with Gasteiger partial charge < -0.3 is 5.32 Å². The van der Waals surface area contributed by atoms with Gasteiger partial charge in [0.1, 0.15) is 5.69 Å². The third kappa shape index (κ3) is 4.98. The predicted octanol–water partition coefficient (Wildman–Crippen LogP) is 2.35. The molecule has 0 aromatic heterocycles. The van der Waals surface area contributed by atoms with Crippen LogP contribution in [0.3, 0.4) is 0 Å². The van der Waals surface area contributed by atoms with E-state index in [0.29, 0.717) is 18.2 Å². The SMILES string of the molecule is CC(C)CNc1ccc(S(=O)(=O)NC(C)C)cc1[N+](=O)[O-]. The minimum absolute atomic E-state index is 0.113. The number of nitrogens with one attached hydrogen (secondary N) is 2. The van der Waals surface area contributed by atoms with Gasteiger partial charge in [-0.1, -0.05) is 13.8 Å². The molecule has 0 spiro atoms. The fraction of sp³-hybridized carbons (Fsp3) is 0.538. The summed E-state index contributed by atoms with van der Waals surface area (Å²) in [7, 11) is -3.75. The lowest BCUT2D eigenvalue weighted by molar-refractivity contribution is -0.384. The second-order valence-electron chi connectivity index (χ2n) is 5.49. The van der Waals surface area contributed by atoms with Crippen LogP contribution in [0.25, 0.3) is 0 Å². The molecular weight excluding hydrogens is 294 g/mol. The zero-order valence-corrected chi connectivity index (χ0v) is 13.4. The third-order valence-electron chi connectivity index (χ3n) is 2.57. The van der Waals surface area contributed by atoms with Gasteiger partial charge in [0.2, 0.25) is 10.0 Å². The van der Waals surface area contributed by atoms with Gasteiger partial charge >= 0.3 is 0 Å². The Bertz CT molecular complexity index is 612. The highest BCUT2D eigenvalue weighted by molar-refractivity contribution is 7.89. The van der Waals surface area contributed by atoms with Crippen molar-refractivity contribution in [1.29, 1.82) is 0 Å². The normalized spacial score (nSPS) is 11.9. The van der Waals surface area contributed by atoms with Crippen LogP contribution >= 0.6 is 0 Å². The standard InChI is InChI=1S/C13H21N3O4S/c1-9(2)8-14-12-6-5-11(7-13(12)16(17)18)21(19,20)15-10(3)4/h5-7,9-10,14-15H,8H2,1-4H3. The minimum Gasteiger partial charge on any atom is -0.379 e. The van der Waals surface area contributed by atoms with Gasteiger partial charge in [0.05, 0.1) is 9.82 Å². The Labute approximate surface area is 124 Å². The Morgan fingerprint density at radius 3 is 2.33 bits per heavy atom. The number of nitro groups is 1. The van der Waals surface area contributed by atoms with E-state index in [0.717, 1.165) is 6.07 Å². The summed E-state index contributed by atoms with van der Waals surface area (Å²) in [5, 5.41) is 14.1. The van der Waals surface area contributed by atoms with Crippen molar-refractivity contribution in [2.75, 3.05) is 11.9 Å². The van der Waals surface area contributed by atoms with Crippen molar-refractivity contribution in [2.45, 2.75) is 38.6 Å². The largest absolute Gasteiger partial charge is 0.379 e. The Morgan fingerprint density at radius 2 is 1.86 bits per heavy atom. The number of anilines is 1. The molecule has 21 heavy (non-hydrogen) atoms. The Hall–Kier alpha value is -1.67. The maximum Gasteiger partial charge on any atom is 0.293 e. The van der Waals surface area contributed by atoms with Crippen molar-refractivity contribution in [3.63, 3.8) is 0 Å². The van der Waals surface area contributed by atoms with Gasteiger partial charge in [-0.2, -0.15) is 0 Å². The summed E-state index contributed by atoms with van der Waals surface area (Å²) in [5.74, 6) is 0.315. The van der Waals surface area contributed by atoms with Gasteiger partial charge in [0.25, 0.3) is 5.69 Å². The molecule has 0 fully saturated rings. The molecule has 0 amide bonds. The molecule has 1 aromatic rings. The second kappa shape index (κ2) is 6.86. The lowest BCUT2D eigenvalue weighted by Crippen LogP contribution is -2.30. The summed E-state index contributed by atoms with van der Waals surface area (Å²) < 4.78 is 26.5. The summed E-state index contributed by atoms with van der Waals surface area (Å²) in [5.41, 5.74) is 0.0690. The van der Waals surface area contributed by atoms with Crippen molar-refractivity contribution in [2.24, 2.45) is 5.92 Å². The molecule has 1 rings (SSSR count). The Balaban J connectivity index is 3.17. The van der Waals surface area contributed by atoms with Gasteiger partial charge in [0.15, 0.2) is 0 Å².